The summed E-state index contributed by atoms with van der Waals surface area (Å²) in [6.07, 6.45) is 2.63. The minimum absolute atomic E-state index is 0.0117. The Labute approximate surface area is 110 Å². The van der Waals surface area contributed by atoms with Gasteiger partial charge in [-0.15, -0.1) is 0 Å². The molecular formula is C13H28NO4+. The molecule has 5 nitrogen and oxygen atoms in total. The number of nitrogens with zero attached hydrogens (tertiary/aromatic N) is 1. The molecule has 0 aromatic carbocycles. The first-order valence-electron chi connectivity index (χ1n) is 6.68. The van der Waals surface area contributed by atoms with Crippen LogP contribution in [0.15, 0.2) is 0 Å². The van der Waals surface area contributed by atoms with Gasteiger partial charge in [-0.05, 0) is 19.3 Å². The molecule has 0 aromatic rings. The van der Waals surface area contributed by atoms with Crippen molar-refractivity contribution in [3.63, 3.8) is 0 Å². The van der Waals surface area contributed by atoms with E-state index in [1.807, 2.05) is 13.8 Å². The molecule has 0 spiro atoms. The van der Waals surface area contributed by atoms with E-state index in [1.165, 1.54) is 0 Å². The number of hydrogen-bond donors (Lipinski definition) is 1. The fourth-order valence-corrected chi connectivity index (χ4v) is 1.52. The summed E-state index contributed by atoms with van der Waals surface area (Å²) in [5.41, 5.74) is 0. The van der Waals surface area contributed by atoms with Crippen LogP contribution in [0.2, 0.25) is 0 Å². The predicted octanol–water partition coefficient (Wildman–Crippen LogP) is 1.92. The van der Waals surface area contributed by atoms with Crippen LogP contribution in [0.1, 0.15) is 33.1 Å². The number of likely N-dealkylation sites (N-methyl/N-ethyl adjacent to an activating group) is 1. The predicted molar refractivity (Wildman–Crippen MR) is 70.1 cm³/mol. The molecular weight excluding hydrogens is 234 g/mol. The van der Waals surface area contributed by atoms with Crippen molar-refractivity contribution in [1.82, 2.24) is 0 Å². The number of hydrogen-bond acceptors (Lipinski definition) is 4. The zero-order chi connectivity index (χ0) is 14.0. The second-order valence-corrected chi connectivity index (χ2v) is 5.40. The van der Waals surface area contributed by atoms with Gasteiger partial charge in [0.25, 0.3) is 0 Å². The molecule has 18 heavy (non-hydrogen) atoms. The average molecular weight is 262 g/mol. The largest absolute Gasteiger partial charge is 0.459 e. The Morgan fingerprint density at radius 2 is 1.89 bits per heavy atom. The van der Waals surface area contributed by atoms with Gasteiger partial charge in [0.1, 0.15) is 13.2 Å². The Balaban J connectivity index is 3.72. The van der Waals surface area contributed by atoms with Gasteiger partial charge in [0, 0.05) is 0 Å². The first-order chi connectivity index (χ1) is 8.43. The van der Waals surface area contributed by atoms with E-state index < -0.39 is 0 Å². The molecule has 0 aliphatic rings. The number of carbonyl (C=O) groups excluding carboxylic acids is 1. The topological polar surface area (TPSA) is 55.8 Å². The minimum atomic E-state index is -0.105. The summed E-state index contributed by atoms with van der Waals surface area (Å²) in [6, 6.07) is 0. The third-order valence-electron chi connectivity index (χ3n) is 3.20. The monoisotopic (exact) mass is 262 g/mol. The summed E-state index contributed by atoms with van der Waals surface area (Å²) in [5.74, 6) is -0.117. The highest BCUT2D eigenvalue weighted by molar-refractivity contribution is 5.71. The molecule has 0 bridgehead atoms. The maximum Gasteiger partial charge on any atom is 0.308 e. The third-order valence-corrected chi connectivity index (χ3v) is 3.20. The van der Waals surface area contributed by atoms with Gasteiger partial charge in [-0.2, -0.15) is 0 Å². The highest BCUT2D eigenvalue weighted by Gasteiger charge is 2.17. The number of quaternary nitrogens is 1. The Bertz CT molecular complexity index is 231. The molecule has 0 radical (unpaired) electrons. The van der Waals surface area contributed by atoms with Gasteiger partial charge in [-0.25, -0.2) is 4.89 Å². The van der Waals surface area contributed by atoms with Crippen LogP contribution < -0.4 is 0 Å². The lowest BCUT2D eigenvalue weighted by Gasteiger charge is -2.29. The lowest BCUT2D eigenvalue weighted by Crippen LogP contribution is -2.43. The van der Waals surface area contributed by atoms with E-state index in [9.17, 15) is 4.79 Å². The van der Waals surface area contributed by atoms with Crippen LogP contribution in [0, 0.1) is 5.92 Å². The van der Waals surface area contributed by atoms with Crippen LogP contribution in [-0.4, -0.2) is 56.1 Å². The Morgan fingerprint density at radius 3 is 2.44 bits per heavy atom. The van der Waals surface area contributed by atoms with Crippen LogP contribution in [0.4, 0.5) is 0 Å². The molecule has 0 heterocycles. The van der Waals surface area contributed by atoms with Gasteiger partial charge in [-0.3, -0.25) is 10.1 Å². The lowest BCUT2D eigenvalue weighted by molar-refractivity contribution is -0.890. The van der Waals surface area contributed by atoms with Crippen LogP contribution in [-0.2, 0) is 14.4 Å². The number of ether oxygens (including phenoxy) is 1. The zero-order valence-corrected chi connectivity index (χ0v) is 12.1. The maximum absolute atomic E-state index is 11.5. The zero-order valence-electron chi connectivity index (χ0n) is 12.1. The third kappa shape index (κ3) is 8.44. The van der Waals surface area contributed by atoms with Crippen molar-refractivity contribution < 1.29 is 24.2 Å². The molecule has 0 aliphatic carbocycles. The van der Waals surface area contributed by atoms with Crippen molar-refractivity contribution >= 4 is 5.97 Å². The summed E-state index contributed by atoms with van der Waals surface area (Å²) in [6.45, 7) is 6.49. The van der Waals surface area contributed by atoms with E-state index in [-0.39, 0.29) is 11.9 Å². The summed E-state index contributed by atoms with van der Waals surface area (Å²) in [7, 11) is 4.22. The normalized spacial score (nSPS) is 13.4. The molecule has 1 atom stereocenters. The summed E-state index contributed by atoms with van der Waals surface area (Å²) in [4.78, 5) is 15.5. The highest BCUT2D eigenvalue weighted by Crippen LogP contribution is 2.05. The van der Waals surface area contributed by atoms with E-state index in [2.05, 4.69) is 19.0 Å². The molecule has 108 valence electrons. The minimum Gasteiger partial charge on any atom is -0.459 e. The second-order valence-electron chi connectivity index (χ2n) is 5.40. The quantitative estimate of drug-likeness (QED) is 0.215. The van der Waals surface area contributed by atoms with E-state index in [0.29, 0.717) is 13.2 Å². The van der Waals surface area contributed by atoms with Crippen molar-refractivity contribution in [1.29, 1.82) is 0 Å². The van der Waals surface area contributed by atoms with Gasteiger partial charge < -0.3 is 9.22 Å². The van der Waals surface area contributed by atoms with Crippen LogP contribution >= 0.6 is 0 Å². The Morgan fingerprint density at radius 1 is 1.22 bits per heavy atom. The number of esters is 1. The van der Waals surface area contributed by atoms with Gasteiger partial charge in [0.15, 0.2) is 0 Å². The van der Waals surface area contributed by atoms with Crippen molar-refractivity contribution in [2.24, 2.45) is 5.92 Å². The molecule has 0 fully saturated rings. The second kappa shape index (κ2) is 9.30. The highest BCUT2D eigenvalue weighted by atomic mass is 17.1. The lowest BCUT2D eigenvalue weighted by atomic mass is 10.1. The fourth-order valence-electron chi connectivity index (χ4n) is 1.52. The molecule has 0 amide bonds. The smallest absolute Gasteiger partial charge is 0.308 e. The maximum atomic E-state index is 11.5. The Hall–Kier alpha value is -0.650. The van der Waals surface area contributed by atoms with Gasteiger partial charge in [-0.1, -0.05) is 13.8 Å². The van der Waals surface area contributed by atoms with Crippen molar-refractivity contribution in [2.75, 3.05) is 40.4 Å². The fraction of sp³-hybridized carbons (Fsp3) is 0.923. The van der Waals surface area contributed by atoms with Crippen molar-refractivity contribution in [3.05, 3.63) is 0 Å². The summed E-state index contributed by atoms with van der Waals surface area (Å²) >= 11 is 0. The molecule has 5 heteroatoms. The van der Waals surface area contributed by atoms with E-state index in [0.717, 1.165) is 36.8 Å². The SMILES string of the molecule is CCC(C)C(=O)OCC[N+](C)(C)CCCCOO. The molecule has 0 rings (SSSR count). The molecule has 1 unspecified atom stereocenters. The van der Waals surface area contributed by atoms with Crippen LogP contribution in [0.5, 0.6) is 0 Å². The van der Waals surface area contributed by atoms with Crippen LogP contribution in [0.25, 0.3) is 0 Å². The van der Waals surface area contributed by atoms with E-state index in [4.69, 9.17) is 9.99 Å². The number of rotatable bonds is 10. The summed E-state index contributed by atoms with van der Waals surface area (Å²) < 4.78 is 6.04. The van der Waals surface area contributed by atoms with Gasteiger partial charge in [0.2, 0.25) is 0 Å². The first kappa shape index (κ1) is 17.4. The average Bonchev–Trinajstić information content (AvgIpc) is 2.33. The van der Waals surface area contributed by atoms with E-state index >= 15 is 0 Å². The Kier molecular flexibility index (Phi) is 8.97. The summed E-state index contributed by atoms with van der Waals surface area (Å²) in [5, 5.41) is 8.21. The molecule has 0 aromatic heterocycles. The first-order valence-corrected chi connectivity index (χ1v) is 6.68. The van der Waals surface area contributed by atoms with Gasteiger partial charge >= 0.3 is 5.97 Å². The molecule has 0 aliphatic heterocycles. The van der Waals surface area contributed by atoms with Gasteiger partial charge in [0.05, 0.1) is 33.2 Å². The van der Waals surface area contributed by atoms with E-state index in [1.54, 1.807) is 0 Å². The molecule has 1 N–H and O–H groups in total. The molecule has 0 saturated heterocycles. The number of carbonyl (C=O) groups is 1. The van der Waals surface area contributed by atoms with Crippen LogP contribution in [0.3, 0.4) is 0 Å². The van der Waals surface area contributed by atoms with Crippen molar-refractivity contribution in [3.8, 4) is 0 Å². The van der Waals surface area contributed by atoms with Crippen molar-refractivity contribution in [2.45, 2.75) is 33.1 Å². The number of unbranched alkanes of at least 4 members (excludes halogenated alkanes) is 1. The molecule has 0 saturated carbocycles. The standard InChI is InChI=1S/C13H27NO4/c1-5-12(2)13(15)17-11-9-14(3,4)8-6-7-10-18-16/h12H,5-11H2,1-4H3/p+1.